The van der Waals surface area contributed by atoms with Gasteiger partial charge < -0.3 is 20.3 Å². The molecule has 0 aromatic carbocycles. The van der Waals surface area contributed by atoms with Gasteiger partial charge in [-0.1, -0.05) is 27.7 Å². The Morgan fingerprint density at radius 1 is 1.12 bits per heavy atom. The van der Waals surface area contributed by atoms with Crippen LogP contribution in [0.1, 0.15) is 54.9 Å². The Morgan fingerprint density at radius 3 is 1.92 bits per heavy atom. The molecule has 3 N–H and O–H groups in total. The molecule has 0 rings (SSSR count). The molecule has 0 amide bonds. The van der Waals surface area contributed by atoms with Gasteiger partial charge in [-0.25, -0.2) is 0 Å². The van der Waals surface area contributed by atoms with Crippen LogP contribution in [0.5, 0.6) is 0 Å². The van der Waals surface area contributed by atoms with Crippen molar-refractivity contribution >= 4 is 17.9 Å². The van der Waals surface area contributed by atoms with E-state index in [0.29, 0.717) is 0 Å². The van der Waals surface area contributed by atoms with E-state index >= 15 is 0 Å². The van der Waals surface area contributed by atoms with Gasteiger partial charge in [0.25, 0.3) is 0 Å². The molecule has 0 heterocycles. The molecule has 3 unspecified atom stereocenters. The van der Waals surface area contributed by atoms with Gasteiger partial charge in [0.15, 0.2) is 0 Å². The van der Waals surface area contributed by atoms with Crippen molar-refractivity contribution in [3.8, 4) is 0 Å². The average molecular weight is 345 g/mol. The van der Waals surface area contributed by atoms with E-state index in [9.17, 15) is 19.5 Å². The van der Waals surface area contributed by atoms with Crippen LogP contribution in [0.25, 0.3) is 0 Å². The number of rotatable bonds is 8. The van der Waals surface area contributed by atoms with Crippen molar-refractivity contribution in [3.05, 3.63) is 0 Å². The number of ether oxygens (including phenoxy) is 2. The van der Waals surface area contributed by atoms with Crippen molar-refractivity contribution in [3.63, 3.8) is 0 Å². The molecule has 3 atom stereocenters. The number of carboxylic acid groups (broad SMARTS) is 1. The molecular formula is C17H31NO6. The summed E-state index contributed by atoms with van der Waals surface area (Å²) in [4.78, 5) is 36.4. The fourth-order valence-electron chi connectivity index (χ4n) is 2.84. The van der Waals surface area contributed by atoms with E-state index in [-0.39, 0.29) is 19.6 Å². The summed E-state index contributed by atoms with van der Waals surface area (Å²) in [6, 6.07) is 0. The first-order chi connectivity index (χ1) is 10.8. The van der Waals surface area contributed by atoms with Crippen molar-refractivity contribution in [2.75, 3.05) is 13.2 Å². The second-order valence-electron chi connectivity index (χ2n) is 7.42. The van der Waals surface area contributed by atoms with E-state index in [1.165, 1.54) is 13.8 Å². The van der Waals surface area contributed by atoms with Crippen LogP contribution in [-0.2, 0) is 23.9 Å². The van der Waals surface area contributed by atoms with Crippen LogP contribution in [0.2, 0.25) is 0 Å². The van der Waals surface area contributed by atoms with E-state index in [1.807, 2.05) is 0 Å². The monoisotopic (exact) mass is 345 g/mol. The molecule has 0 aromatic rings. The highest BCUT2D eigenvalue weighted by Gasteiger charge is 2.60. The maximum atomic E-state index is 12.6. The highest BCUT2D eigenvalue weighted by Crippen LogP contribution is 2.49. The summed E-state index contributed by atoms with van der Waals surface area (Å²) < 4.78 is 10.6. The summed E-state index contributed by atoms with van der Waals surface area (Å²) >= 11 is 0. The van der Waals surface area contributed by atoms with Crippen molar-refractivity contribution in [2.24, 2.45) is 22.5 Å². The summed E-state index contributed by atoms with van der Waals surface area (Å²) in [7, 11) is 0. The maximum Gasteiger partial charge on any atom is 0.312 e. The van der Waals surface area contributed by atoms with E-state index < -0.39 is 40.3 Å². The topological polar surface area (TPSA) is 116 Å². The predicted molar refractivity (Wildman–Crippen MR) is 89.2 cm³/mol. The van der Waals surface area contributed by atoms with E-state index in [2.05, 4.69) is 0 Å². The second kappa shape index (κ2) is 7.96. The number of nitrogens with two attached hydrogens (primary N) is 1. The predicted octanol–water partition coefficient (Wildman–Crippen LogP) is 1.97. The zero-order valence-electron chi connectivity index (χ0n) is 15.8. The van der Waals surface area contributed by atoms with Crippen LogP contribution in [-0.4, -0.2) is 41.8 Å². The van der Waals surface area contributed by atoms with Gasteiger partial charge in [0, 0.05) is 18.9 Å². The molecule has 0 aliphatic rings. The SMILES string of the molecule is CCC(C)(C(=O)OCCN)C(C(=O)O)C(C)(OC(C)=O)C(C)(C)C. The van der Waals surface area contributed by atoms with Gasteiger partial charge in [0.1, 0.15) is 18.1 Å². The van der Waals surface area contributed by atoms with Crippen molar-refractivity contribution < 1.29 is 29.0 Å². The highest BCUT2D eigenvalue weighted by atomic mass is 16.6. The van der Waals surface area contributed by atoms with Gasteiger partial charge in [-0.2, -0.15) is 0 Å². The van der Waals surface area contributed by atoms with Gasteiger partial charge in [0.2, 0.25) is 0 Å². The fourth-order valence-corrected chi connectivity index (χ4v) is 2.84. The summed E-state index contributed by atoms with van der Waals surface area (Å²) in [6.07, 6.45) is 0.209. The Labute approximate surface area is 143 Å². The first kappa shape index (κ1) is 22.4. The number of esters is 2. The lowest BCUT2D eigenvalue weighted by molar-refractivity contribution is -0.205. The molecule has 140 valence electrons. The normalized spacial score (nSPS) is 18.0. The average Bonchev–Trinajstić information content (AvgIpc) is 2.41. The minimum atomic E-state index is -1.42. The van der Waals surface area contributed by atoms with Crippen molar-refractivity contribution in [1.82, 2.24) is 0 Å². The van der Waals surface area contributed by atoms with Crippen LogP contribution >= 0.6 is 0 Å². The van der Waals surface area contributed by atoms with Crippen LogP contribution in [0.4, 0.5) is 0 Å². The standard InChI is InChI=1S/C17H31NO6/c1-8-16(6,14(22)23-10-9-18)12(13(20)21)17(7,15(3,4)5)24-11(2)19/h12H,8-10,18H2,1-7H3,(H,20,21). The minimum absolute atomic E-state index is 0.000556. The molecule has 0 radical (unpaired) electrons. The third kappa shape index (κ3) is 4.47. The van der Waals surface area contributed by atoms with Gasteiger partial charge in [-0.15, -0.1) is 0 Å². The number of carbonyl (C=O) groups is 3. The van der Waals surface area contributed by atoms with Crippen LogP contribution in [0, 0.1) is 16.7 Å². The third-order valence-corrected chi connectivity index (χ3v) is 4.83. The lowest BCUT2D eigenvalue weighted by atomic mass is 9.59. The Hall–Kier alpha value is -1.63. The number of hydrogen-bond donors (Lipinski definition) is 2. The molecule has 0 aromatic heterocycles. The van der Waals surface area contributed by atoms with E-state index in [4.69, 9.17) is 15.2 Å². The Morgan fingerprint density at radius 2 is 1.62 bits per heavy atom. The van der Waals surface area contributed by atoms with E-state index in [0.717, 1.165) is 0 Å². The first-order valence-electron chi connectivity index (χ1n) is 8.07. The van der Waals surface area contributed by atoms with Gasteiger partial charge in [-0.05, 0) is 20.3 Å². The van der Waals surface area contributed by atoms with E-state index in [1.54, 1.807) is 34.6 Å². The zero-order chi connectivity index (χ0) is 19.3. The lowest BCUT2D eigenvalue weighted by Gasteiger charge is -2.49. The quantitative estimate of drug-likeness (QED) is 0.646. The van der Waals surface area contributed by atoms with Crippen molar-refractivity contribution in [2.45, 2.75) is 60.5 Å². The molecule has 7 heteroatoms. The summed E-state index contributed by atoms with van der Waals surface area (Å²) in [5.41, 5.74) is 1.83. The second-order valence-corrected chi connectivity index (χ2v) is 7.42. The summed E-state index contributed by atoms with van der Waals surface area (Å²) in [5.74, 6) is -3.77. The van der Waals surface area contributed by atoms with Crippen LogP contribution < -0.4 is 5.73 Å². The third-order valence-electron chi connectivity index (χ3n) is 4.83. The molecule has 0 aliphatic heterocycles. The minimum Gasteiger partial charge on any atom is -0.481 e. The number of carbonyl (C=O) groups excluding carboxylic acids is 2. The molecule has 7 nitrogen and oxygen atoms in total. The van der Waals surface area contributed by atoms with Crippen molar-refractivity contribution in [1.29, 1.82) is 0 Å². The molecule has 0 saturated carbocycles. The summed E-state index contributed by atoms with van der Waals surface area (Å²) in [6.45, 7) is 11.5. The lowest BCUT2D eigenvalue weighted by Crippen LogP contribution is -2.60. The van der Waals surface area contributed by atoms with Crippen LogP contribution in [0.3, 0.4) is 0 Å². The summed E-state index contributed by atoms with van der Waals surface area (Å²) in [5, 5.41) is 9.90. The molecule has 0 fully saturated rings. The number of aliphatic carboxylic acids is 1. The zero-order valence-corrected chi connectivity index (χ0v) is 15.8. The number of carboxylic acids is 1. The molecular weight excluding hydrogens is 314 g/mol. The first-order valence-corrected chi connectivity index (χ1v) is 8.07. The Balaban J connectivity index is 6.25. The molecule has 24 heavy (non-hydrogen) atoms. The van der Waals surface area contributed by atoms with Gasteiger partial charge in [0.05, 0.1) is 5.41 Å². The Kier molecular flexibility index (Phi) is 7.42. The largest absolute Gasteiger partial charge is 0.481 e. The molecule has 0 spiro atoms. The molecule has 0 bridgehead atoms. The van der Waals surface area contributed by atoms with Crippen LogP contribution in [0.15, 0.2) is 0 Å². The maximum absolute atomic E-state index is 12.6. The smallest absolute Gasteiger partial charge is 0.312 e. The highest BCUT2D eigenvalue weighted by molar-refractivity contribution is 5.85. The Bertz CT molecular complexity index is 484. The number of hydrogen-bond acceptors (Lipinski definition) is 6. The van der Waals surface area contributed by atoms with Gasteiger partial charge in [-0.3, -0.25) is 14.4 Å². The molecule has 0 saturated heterocycles. The molecule has 0 aliphatic carbocycles. The fraction of sp³-hybridized carbons (Fsp3) is 0.824. The van der Waals surface area contributed by atoms with Gasteiger partial charge >= 0.3 is 17.9 Å².